The number of methoxy groups -OCH3 is 2. The lowest BCUT2D eigenvalue weighted by atomic mass is 10.4. The molecule has 1 aromatic heterocycles. The van der Waals surface area contributed by atoms with Crippen LogP contribution in [0.1, 0.15) is 5.69 Å². The fourth-order valence-electron chi connectivity index (χ4n) is 1.38. The predicted octanol–water partition coefficient (Wildman–Crippen LogP) is -1.22. The van der Waals surface area contributed by atoms with Crippen molar-refractivity contribution in [3.8, 4) is 0 Å². The van der Waals surface area contributed by atoms with Gasteiger partial charge in [0.2, 0.25) is 5.91 Å². The van der Waals surface area contributed by atoms with E-state index in [1.807, 2.05) is 0 Å². The van der Waals surface area contributed by atoms with Crippen LogP contribution in [-0.4, -0.2) is 61.4 Å². The Morgan fingerprint density at radius 1 is 1.32 bits per heavy atom. The van der Waals surface area contributed by atoms with Crippen LogP contribution < -0.4 is 10.6 Å². The molecule has 0 bridgehead atoms. The van der Waals surface area contributed by atoms with Gasteiger partial charge in [-0.05, 0) is 0 Å². The number of rotatable bonds is 10. The second-order valence-electron chi connectivity index (χ2n) is 3.92. The average molecular weight is 271 g/mol. The number of ether oxygens (including phenoxy) is 2. The molecule has 1 amide bonds. The van der Waals surface area contributed by atoms with Gasteiger partial charge in [0.25, 0.3) is 0 Å². The number of aromatic nitrogens is 3. The molecule has 0 unspecified atom stereocenters. The molecule has 0 aliphatic heterocycles. The van der Waals surface area contributed by atoms with Crippen molar-refractivity contribution in [2.45, 2.75) is 13.1 Å². The van der Waals surface area contributed by atoms with Crippen molar-refractivity contribution in [3.63, 3.8) is 0 Å². The number of nitrogens with zero attached hydrogens (tertiary/aromatic N) is 3. The Kier molecular flexibility index (Phi) is 7.71. The highest BCUT2D eigenvalue weighted by molar-refractivity contribution is 5.75. The van der Waals surface area contributed by atoms with Crippen LogP contribution in [0, 0.1) is 0 Å². The van der Waals surface area contributed by atoms with Gasteiger partial charge in [0.1, 0.15) is 6.54 Å². The summed E-state index contributed by atoms with van der Waals surface area (Å²) in [4.78, 5) is 11.5. The average Bonchev–Trinajstić information content (AvgIpc) is 2.82. The summed E-state index contributed by atoms with van der Waals surface area (Å²) in [6.07, 6.45) is 1.75. The van der Waals surface area contributed by atoms with Gasteiger partial charge in [0.05, 0.1) is 25.1 Å². The van der Waals surface area contributed by atoms with Crippen LogP contribution >= 0.6 is 0 Å². The van der Waals surface area contributed by atoms with E-state index in [2.05, 4.69) is 20.9 Å². The van der Waals surface area contributed by atoms with E-state index in [9.17, 15) is 4.79 Å². The zero-order valence-electron chi connectivity index (χ0n) is 11.4. The fraction of sp³-hybridized carbons (Fsp3) is 0.727. The molecule has 2 N–H and O–H groups in total. The van der Waals surface area contributed by atoms with Crippen LogP contribution in [0.25, 0.3) is 0 Å². The van der Waals surface area contributed by atoms with Gasteiger partial charge < -0.3 is 20.1 Å². The molecule has 8 nitrogen and oxygen atoms in total. The summed E-state index contributed by atoms with van der Waals surface area (Å²) >= 11 is 0. The molecule has 0 aliphatic carbocycles. The first-order valence-electron chi connectivity index (χ1n) is 6.10. The van der Waals surface area contributed by atoms with Gasteiger partial charge in [-0.25, -0.2) is 4.68 Å². The first-order valence-corrected chi connectivity index (χ1v) is 6.10. The van der Waals surface area contributed by atoms with E-state index >= 15 is 0 Å². The van der Waals surface area contributed by atoms with E-state index in [0.717, 1.165) is 12.2 Å². The molecule has 0 spiro atoms. The van der Waals surface area contributed by atoms with E-state index < -0.39 is 0 Å². The van der Waals surface area contributed by atoms with Gasteiger partial charge in [-0.3, -0.25) is 4.79 Å². The normalized spacial score (nSPS) is 10.6. The maximum atomic E-state index is 11.5. The molecule has 0 aliphatic rings. The molecule has 0 saturated heterocycles. The maximum Gasteiger partial charge on any atom is 0.241 e. The van der Waals surface area contributed by atoms with E-state index in [1.165, 1.54) is 4.68 Å². The van der Waals surface area contributed by atoms with E-state index in [-0.39, 0.29) is 12.5 Å². The Morgan fingerprint density at radius 2 is 2.05 bits per heavy atom. The van der Waals surface area contributed by atoms with Gasteiger partial charge in [0.15, 0.2) is 0 Å². The molecule has 8 heteroatoms. The van der Waals surface area contributed by atoms with Crippen LogP contribution in [0.2, 0.25) is 0 Å². The maximum absolute atomic E-state index is 11.5. The quantitative estimate of drug-likeness (QED) is 0.518. The zero-order valence-corrected chi connectivity index (χ0v) is 11.4. The number of carbonyl (C=O) groups excluding carboxylic acids is 1. The molecule has 0 saturated carbocycles. The first-order chi connectivity index (χ1) is 9.26. The third-order valence-electron chi connectivity index (χ3n) is 2.31. The minimum atomic E-state index is -0.110. The van der Waals surface area contributed by atoms with Crippen LogP contribution in [0.3, 0.4) is 0 Å². The number of carbonyl (C=O) groups is 1. The monoisotopic (exact) mass is 271 g/mol. The summed E-state index contributed by atoms with van der Waals surface area (Å²) in [6.45, 7) is 3.16. The van der Waals surface area contributed by atoms with E-state index in [0.29, 0.717) is 26.3 Å². The third kappa shape index (κ3) is 6.85. The molecule has 1 aromatic rings. The number of amides is 1. The second-order valence-corrected chi connectivity index (χ2v) is 3.92. The molecule has 0 aromatic carbocycles. The molecule has 108 valence electrons. The summed E-state index contributed by atoms with van der Waals surface area (Å²) in [6, 6.07) is 0. The Morgan fingerprint density at radius 3 is 2.79 bits per heavy atom. The number of hydrogen-bond donors (Lipinski definition) is 2. The summed E-state index contributed by atoms with van der Waals surface area (Å²) < 4.78 is 11.3. The van der Waals surface area contributed by atoms with Crippen molar-refractivity contribution in [1.29, 1.82) is 0 Å². The molecular formula is C11H21N5O3. The molecule has 1 heterocycles. The van der Waals surface area contributed by atoms with Crippen molar-refractivity contribution in [2.24, 2.45) is 0 Å². The Bertz CT molecular complexity index is 369. The van der Waals surface area contributed by atoms with Crippen molar-refractivity contribution >= 4 is 5.91 Å². The summed E-state index contributed by atoms with van der Waals surface area (Å²) in [5.74, 6) is -0.110. The van der Waals surface area contributed by atoms with Crippen LogP contribution in [0.15, 0.2) is 6.20 Å². The van der Waals surface area contributed by atoms with Gasteiger partial charge in [0, 0.05) is 33.9 Å². The molecule has 0 atom stereocenters. The number of nitrogens with one attached hydrogen (secondary N) is 2. The molecule has 19 heavy (non-hydrogen) atoms. The molecular weight excluding hydrogens is 250 g/mol. The van der Waals surface area contributed by atoms with E-state index in [4.69, 9.17) is 9.47 Å². The van der Waals surface area contributed by atoms with Gasteiger partial charge in [-0.1, -0.05) is 5.21 Å². The Balaban J connectivity index is 2.24. The first kappa shape index (κ1) is 15.5. The highest BCUT2D eigenvalue weighted by atomic mass is 16.5. The van der Waals surface area contributed by atoms with Crippen molar-refractivity contribution in [3.05, 3.63) is 11.9 Å². The lowest BCUT2D eigenvalue weighted by Crippen LogP contribution is -2.30. The largest absolute Gasteiger partial charge is 0.383 e. The van der Waals surface area contributed by atoms with Crippen LogP contribution in [0.4, 0.5) is 0 Å². The minimum Gasteiger partial charge on any atom is -0.383 e. The standard InChI is InChI=1S/C11H21N5O3/c1-18-5-3-12-7-10-8-16(15-14-10)9-11(17)13-4-6-19-2/h8,12H,3-7,9H2,1-2H3,(H,13,17). The zero-order chi connectivity index (χ0) is 13.9. The van der Waals surface area contributed by atoms with Gasteiger partial charge in [-0.2, -0.15) is 0 Å². The molecule has 1 rings (SSSR count). The third-order valence-corrected chi connectivity index (χ3v) is 2.31. The van der Waals surface area contributed by atoms with Crippen molar-refractivity contribution < 1.29 is 14.3 Å². The SMILES string of the molecule is COCCNCc1cn(CC(=O)NCCOC)nn1. The van der Waals surface area contributed by atoms with Crippen LogP contribution in [-0.2, 0) is 27.4 Å². The van der Waals surface area contributed by atoms with Crippen molar-refractivity contribution in [1.82, 2.24) is 25.6 Å². The lowest BCUT2D eigenvalue weighted by molar-refractivity contribution is -0.122. The Hall–Kier alpha value is -1.51. The van der Waals surface area contributed by atoms with Gasteiger partial charge in [-0.15, -0.1) is 5.10 Å². The highest BCUT2D eigenvalue weighted by Gasteiger charge is 2.05. The van der Waals surface area contributed by atoms with E-state index in [1.54, 1.807) is 20.4 Å². The second kappa shape index (κ2) is 9.42. The van der Waals surface area contributed by atoms with Crippen molar-refractivity contribution in [2.75, 3.05) is 40.5 Å². The fourth-order valence-corrected chi connectivity index (χ4v) is 1.38. The smallest absolute Gasteiger partial charge is 0.241 e. The summed E-state index contributed by atoms with van der Waals surface area (Å²) in [5.41, 5.74) is 0.792. The highest BCUT2D eigenvalue weighted by Crippen LogP contribution is 1.92. The van der Waals surface area contributed by atoms with Gasteiger partial charge >= 0.3 is 0 Å². The minimum absolute atomic E-state index is 0.110. The summed E-state index contributed by atoms with van der Waals surface area (Å²) in [7, 11) is 3.24. The lowest BCUT2D eigenvalue weighted by Gasteiger charge is -2.03. The summed E-state index contributed by atoms with van der Waals surface area (Å²) in [5, 5.41) is 13.7. The topological polar surface area (TPSA) is 90.3 Å². The number of hydrogen-bond acceptors (Lipinski definition) is 6. The predicted molar refractivity (Wildman–Crippen MR) is 68.5 cm³/mol. The molecule has 0 radical (unpaired) electrons. The van der Waals surface area contributed by atoms with Crippen LogP contribution in [0.5, 0.6) is 0 Å². The Labute approximate surface area is 112 Å². The molecule has 0 fully saturated rings.